The van der Waals surface area contributed by atoms with Crippen LogP contribution in [0.2, 0.25) is 0 Å². The van der Waals surface area contributed by atoms with Crippen LogP contribution in [0.1, 0.15) is 31.3 Å². The number of hydrogen-bond donors (Lipinski definition) is 1. The Morgan fingerprint density at radius 2 is 2.40 bits per heavy atom. The zero-order chi connectivity index (χ0) is 10.8. The van der Waals surface area contributed by atoms with Crippen molar-refractivity contribution in [2.75, 3.05) is 0 Å². The molecule has 0 spiro atoms. The average Bonchev–Trinajstić information content (AvgIpc) is 2.78. The Bertz CT molecular complexity index is 480. The maximum Gasteiger partial charge on any atom is 0.195 e. The third-order valence-corrected chi connectivity index (χ3v) is 3.05. The van der Waals surface area contributed by atoms with Gasteiger partial charge in [0.1, 0.15) is 5.82 Å². The fraction of sp³-hybridized carbons (Fsp3) is 0.444. The molecular formula is C9H12N4S2. The van der Waals surface area contributed by atoms with Crippen LogP contribution in [0.3, 0.4) is 0 Å². The lowest BCUT2D eigenvalue weighted by Crippen LogP contribution is -2.07. The molecule has 2 aromatic heterocycles. The number of nitrogens with one attached hydrogen (secondary N) is 1. The summed E-state index contributed by atoms with van der Waals surface area (Å²) in [4.78, 5) is 4.24. The first-order chi connectivity index (χ1) is 7.18. The number of aromatic amines is 1. The molecular weight excluding hydrogens is 228 g/mol. The van der Waals surface area contributed by atoms with Crippen molar-refractivity contribution in [3.63, 3.8) is 0 Å². The van der Waals surface area contributed by atoms with Gasteiger partial charge in [-0.25, -0.2) is 4.98 Å². The monoisotopic (exact) mass is 240 g/mol. The van der Waals surface area contributed by atoms with Crippen LogP contribution in [0.5, 0.6) is 0 Å². The van der Waals surface area contributed by atoms with Crippen molar-refractivity contribution in [2.24, 2.45) is 0 Å². The van der Waals surface area contributed by atoms with Gasteiger partial charge in [0.2, 0.25) is 0 Å². The van der Waals surface area contributed by atoms with Crippen molar-refractivity contribution in [2.45, 2.75) is 26.3 Å². The molecule has 0 amide bonds. The third-order valence-electron chi connectivity index (χ3n) is 2.11. The molecule has 2 aromatic rings. The van der Waals surface area contributed by atoms with Gasteiger partial charge in [0, 0.05) is 11.3 Å². The Kier molecular flexibility index (Phi) is 2.97. The van der Waals surface area contributed by atoms with Crippen molar-refractivity contribution in [1.82, 2.24) is 19.7 Å². The molecule has 0 fully saturated rings. The van der Waals surface area contributed by atoms with E-state index in [1.54, 1.807) is 11.3 Å². The first kappa shape index (κ1) is 10.5. The SMILES string of the molecule is CC(C)c1n[nH]c(=S)n1Cc1cscn1. The molecule has 0 aliphatic rings. The summed E-state index contributed by atoms with van der Waals surface area (Å²) in [6.45, 7) is 4.90. The van der Waals surface area contributed by atoms with Crippen molar-refractivity contribution in [3.05, 3.63) is 27.2 Å². The lowest BCUT2D eigenvalue weighted by Gasteiger charge is -2.06. The molecule has 1 N–H and O–H groups in total. The smallest absolute Gasteiger partial charge is 0.195 e. The number of aromatic nitrogens is 4. The zero-order valence-electron chi connectivity index (χ0n) is 8.60. The minimum atomic E-state index is 0.358. The Morgan fingerprint density at radius 3 is 3.00 bits per heavy atom. The van der Waals surface area contributed by atoms with E-state index in [4.69, 9.17) is 12.2 Å². The highest BCUT2D eigenvalue weighted by atomic mass is 32.1. The summed E-state index contributed by atoms with van der Waals surface area (Å²) >= 11 is 6.78. The molecule has 6 heteroatoms. The van der Waals surface area contributed by atoms with Crippen LogP contribution in [-0.4, -0.2) is 19.7 Å². The second-order valence-corrected chi connectivity index (χ2v) is 4.71. The van der Waals surface area contributed by atoms with Gasteiger partial charge in [-0.3, -0.25) is 9.67 Å². The third kappa shape index (κ3) is 2.15. The highest BCUT2D eigenvalue weighted by molar-refractivity contribution is 7.71. The molecule has 15 heavy (non-hydrogen) atoms. The average molecular weight is 240 g/mol. The molecule has 0 radical (unpaired) electrons. The van der Waals surface area contributed by atoms with Gasteiger partial charge in [-0.1, -0.05) is 13.8 Å². The summed E-state index contributed by atoms with van der Waals surface area (Å²) in [5.74, 6) is 1.34. The molecule has 0 unspecified atom stereocenters. The van der Waals surface area contributed by atoms with Crippen LogP contribution in [0, 0.1) is 4.77 Å². The highest BCUT2D eigenvalue weighted by Crippen LogP contribution is 2.13. The summed E-state index contributed by atoms with van der Waals surface area (Å²) < 4.78 is 2.65. The number of H-pyrrole nitrogens is 1. The minimum Gasteiger partial charge on any atom is -0.298 e. The quantitative estimate of drug-likeness (QED) is 0.839. The fourth-order valence-corrected chi connectivity index (χ4v) is 2.15. The standard InChI is InChI=1S/C9H12N4S2/c1-6(2)8-11-12-9(14)13(8)3-7-4-15-5-10-7/h4-6H,3H2,1-2H3,(H,12,14). The molecule has 4 nitrogen and oxygen atoms in total. The maximum atomic E-state index is 5.19. The molecule has 0 aliphatic heterocycles. The van der Waals surface area contributed by atoms with Crippen LogP contribution in [-0.2, 0) is 6.54 Å². The van der Waals surface area contributed by atoms with Gasteiger partial charge in [-0.05, 0) is 12.2 Å². The lowest BCUT2D eigenvalue weighted by atomic mass is 10.2. The van der Waals surface area contributed by atoms with E-state index in [-0.39, 0.29) is 0 Å². The van der Waals surface area contributed by atoms with Gasteiger partial charge in [0.15, 0.2) is 4.77 Å². The first-order valence-corrected chi connectivity index (χ1v) is 6.05. The highest BCUT2D eigenvalue weighted by Gasteiger charge is 2.10. The Labute approximate surface area is 97.0 Å². The van der Waals surface area contributed by atoms with E-state index in [2.05, 4.69) is 29.0 Å². The maximum absolute atomic E-state index is 5.19. The summed E-state index contributed by atoms with van der Waals surface area (Å²) in [7, 11) is 0. The van der Waals surface area contributed by atoms with Gasteiger partial charge in [-0.2, -0.15) is 5.10 Å². The molecule has 0 aliphatic carbocycles. The number of rotatable bonds is 3. The van der Waals surface area contributed by atoms with Crippen molar-refractivity contribution < 1.29 is 0 Å². The van der Waals surface area contributed by atoms with Crippen molar-refractivity contribution in [3.8, 4) is 0 Å². The summed E-state index contributed by atoms with van der Waals surface area (Å²) in [6, 6.07) is 0. The van der Waals surface area contributed by atoms with Crippen LogP contribution in [0.25, 0.3) is 0 Å². The normalized spacial score (nSPS) is 11.1. The van der Waals surface area contributed by atoms with E-state index >= 15 is 0 Å². The Hall–Kier alpha value is -1.01. The molecule has 0 atom stereocenters. The summed E-state index contributed by atoms with van der Waals surface area (Å²) in [5, 5.41) is 9.07. The van der Waals surface area contributed by atoms with E-state index in [1.807, 2.05) is 15.5 Å². The number of thiazole rings is 1. The lowest BCUT2D eigenvalue weighted by molar-refractivity contribution is 0.658. The number of hydrogen-bond acceptors (Lipinski definition) is 4. The molecule has 0 saturated heterocycles. The Morgan fingerprint density at radius 1 is 1.60 bits per heavy atom. The zero-order valence-corrected chi connectivity index (χ0v) is 10.2. The molecule has 0 bridgehead atoms. The van der Waals surface area contributed by atoms with E-state index < -0.39 is 0 Å². The first-order valence-electron chi connectivity index (χ1n) is 4.70. The van der Waals surface area contributed by atoms with Crippen molar-refractivity contribution in [1.29, 1.82) is 0 Å². The van der Waals surface area contributed by atoms with E-state index in [0.29, 0.717) is 17.2 Å². The summed E-state index contributed by atoms with van der Waals surface area (Å²) in [6.07, 6.45) is 0. The molecule has 2 rings (SSSR count). The summed E-state index contributed by atoms with van der Waals surface area (Å²) in [5.41, 5.74) is 2.85. The van der Waals surface area contributed by atoms with Gasteiger partial charge < -0.3 is 0 Å². The van der Waals surface area contributed by atoms with Crippen LogP contribution in [0.15, 0.2) is 10.9 Å². The topological polar surface area (TPSA) is 46.5 Å². The minimum absolute atomic E-state index is 0.358. The van der Waals surface area contributed by atoms with Gasteiger partial charge >= 0.3 is 0 Å². The van der Waals surface area contributed by atoms with Crippen molar-refractivity contribution >= 4 is 23.6 Å². The second-order valence-electron chi connectivity index (χ2n) is 3.61. The van der Waals surface area contributed by atoms with Crippen LogP contribution >= 0.6 is 23.6 Å². The van der Waals surface area contributed by atoms with Gasteiger partial charge in [-0.15, -0.1) is 11.3 Å². The largest absolute Gasteiger partial charge is 0.298 e. The van der Waals surface area contributed by atoms with Gasteiger partial charge in [0.25, 0.3) is 0 Å². The predicted octanol–water partition coefficient (Wildman–Crippen LogP) is 2.57. The molecule has 0 saturated carbocycles. The fourth-order valence-electron chi connectivity index (χ4n) is 1.40. The van der Waals surface area contributed by atoms with E-state index in [1.165, 1.54) is 0 Å². The molecule has 80 valence electrons. The van der Waals surface area contributed by atoms with Crippen LogP contribution < -0.4 is 0 Å². The number of nitrogens with zero attached hydrogens (tertiary/aromatic N) is 3. The Balaban J connectivity index is 2.35. The predicted molar refractivity (Wildman–Crippen MR) is 62.7 cm³/mol. The second kappa shape index (κ2) is 4.24. The molecule has 2 heterocycles. The van der Waals surface area contributed by atoms with E-state index in [9.17, 15) is 0 Å². The van der Waals surface area contributed by atoms with Crippen LogP contribution in [0.4, 0.5) is 0 Å². The van der Waals surface area contributed by atoms with Gasteiger partial charge in [0.05, 0.1) is 17.7 Å². The molecule has 0 aromatic carbocycles. The van der Waals surface area contributed by atoms with E-state index in [0.717, 1.165) is 11.5 Å².